The molecule has 25 heavy (non-hydrogen) atoms. The zero-order chi connectivity index (χ0) is 17.0. The van der Waals surface area contributed by atoms with Crippen molar-refractivity contribution in [3.05, 3.63) is 63.8 Å². The Balaban J connectivity index is 1.73. The Morgan fingerprint density at radius 1 is 1.04 bits per heavy atom. The van der Waals surface area contributed by atoms with E-state index in [1.165, 1.54) is 0 Å². The fourth-order valence-electron chi connectivity index (χ4n) is 3.95. The summed E-state index contributed by atoms with van der Waals surface area (Å²) < 4.78 is 11.1. The molecule has 1 N–H and O–H groups in total. The number of allylic oxidation sites excluding steroid dienone is 2. The van der Waals surface area contributed by atoms with Gasteiger partial charge in [0.1, 0.15) is 0 Å². The van der Waals surface area contributed by atoms with Gasteiger partial charge < -0.3 is 14.8 Å². The molecule has 0 amide bonds. The molecule has 2 heterocycles. The van der Waals surface area contributed by atoms with Crippen LogP contribution in [-0.4, -0.2) is 12.6 Å². The number of halogens is 1. The zero-order valence-electron chi connectivity index (χ0n) is 13.5. The van der Waals surface area contributed by atoms with Gasteiger partial charge in [0, 0.05) is 40.4 Å². The van der Waals surface area contributed by atoms with Crippen LogP contribution in [0.4, 0.5) is 5.69 Å². The normalized spacial score (nSPS) is 20.8. The predicted molar refractivity (Wildman–Crippen MR) is 95.4 cm³/mol. The first-order valence-corrected chi connectivity index (χ1v) is 8.81. The maximum absolute atomic E-state index is 12.7. The summed E-state index contributed by atoms with van der Waals surface area (Å²) in [5.74, 6) is 1.59. The third-order valence-electron chi connectivity index (χ3n) is 5.09. The summed E-state index contributed by atoms with van der Waals surface area (Å²) >= 11 is 6.07. The summed E-state index contributed by atoms with van der Waals surface area (Å²) in [5, 5.41) is 4.16. The third kappa shape index (κ3) is 2.32. The van der Waals surface area contributed by atoms with E-state index in [-0.39, 0.29) is 18.5 Å². The van der Waals surface area contributed by atoms with Gasteiger partial charge in [0.2, 0.25) is 6.79 Å². The SMILES string of the molecule is O=C1CCCC2=C1C(c1ccc(Cl)cc1)c1cc3c(cc1N2)OCO3. The van der Waals surface area contributed by atoms with Gasteiger partial charge in [0.05, 0.1) is 0 Å². The van der Waals surface area contributed by atoms with Crippen LogP contribution in [-0.2, 0) is 4.79 Å². The maximum Gasteiger partial charge on any atom is 0.231 e. The summed E-state index contributed by atoms with van der Waals surface area (Å²) in [6.45, 7) is 0.232. The number of ether oxygens (including phenoxy) is 2. The van der Waals surface area contributed by atoms with E-state index < -0.39 is 0 Å². The topological polar surface area (TPSA) is 47.6 Å². The quantitative estimate of drug-likeness (QED) is 0.811. The van der Waals surface area contributed by atoms with Crippen molar-refractivity contribution in [2.24, 2.45) is 0 Å². The monoisotopic (exact) mass is 353 g/mol. The summed E-state index contributed by atoms with van der Waals surface area (Å²) in [7, 11) is 0. The second-order valence-electron chi connectivity index (χ2n) is 6.57. The molecule has 5 rings (SSSR count). The van der Waals surface area contributed by atoms with Gasteiger partial charge in [-0.25, -0.2) is 0 Å². The lowest BCUT2D eigenvalue weighted by Crippen LogP contribution is -2.26. The van der Waals surface area contributed by atoms with E-state index >= 15 is 0 Å². The Labute approximate surface area is 150 Å². The molecule has 1 atom stereocenters. The van der Waals surface area contributed by atoms with Crippen molar-refractivity contribution in [3.8, 4) is 11.5 Å². The molecule has 0 bridgehead atoms. The van der Waals surface area contributed by atoms with Crippen molar-refractivity contribution in [2.75, 3.05) is 12.1 Å². The van der Waals surface area contributed by atoms with Crippen molar-refractivity contribution < 1.29 is 14.3 Å². The van der Waals surface area contributed by atoms with Crippen molar-refractivity contribution in [1.29, 1.82) is 0 Å². The molecule has 3 aliphatic rings. The summed E-state index contributed by atoms with van der Waals surface area (Å²) in [4.78, 5) is 12.7. The molecular formula is C20H16ClNO3. The highest BCUT2D eigenvalue weighted by Crippen LogP contribution is 2.49. The van der Waals surface area contributed by atoms with Crippen molar-refractivity contribution in [3.63, 3.8) is 0 Å². The minimum atomic E-state index is -0.106. The molecule has 1 aliphatic carbocycles. The van der Waals surface area contributed by atoms with E-state index in [4.69, 9.17) is 21.1 Å². The lowest BCUT2D eigenvalue weighted by molar-refractivity contribution is -0.116. The lowest BCUT2D eigenvalue weighted by atomic mass is 9.75. The van der Waals surface area contributed by atoms with Crippen LogP contribution in [0.25, 0.3) is 0 Å². The number of hydrogen-bond donors (Lipinski definition) is 1. The Hall–Kier alpha value is -2.46. The number of ketones is 1. The standard InChI is InChI=1S/C20H16ClNO3/c21-12-6-4-11(5-7-12)19-13-8-17-18(25-10-24-17)9-15(13)22-14-2-1-3-16(23)20(14)19/h4-9,19,22H,1-3,10H2. The third-order valence-corrected chi connectivity index (χ3v) is 5.34. The number of carbonyl (C=O) groups is 1. The molecule has 0 saturated heterocycles. The average Bonchev–Trinajstić information content (AvgIpc) is 3.06. The zero-order valence-corrected chi connectivity index (χ0v) is 14.2. The smallest absolute Gasteiger partial charge is 0.231 e. The van der Waals surface area contributed by atoms with E-state index in [0.717, 1.165) is 52.4 Å². The maximum atomic E-state index is 12.7. The van der Waals surface area contributed by atoms with Gasteiger partial charge in [-0.2, -0.15) is 0 Å². The van der Waals surface area contributed by atoms with Gasteiger partial charge in [-0.1, -0.05) is 23.7 Å². The molecule has 126 valence electrons. The van der Waals surface area contributed by atoms with E-state index in [9.17, 15) is 4.79 Å². The minimum Gasteiger partial charge on any atom is -0.454 e. The van der Waals surface area contributed by atoms with E-state index in [2.05, 4.69) is 5.32 Å². The molecule has 0 saturated carbocycles. The molecule has 0 spiro atoms. The largest absolute Gasteiger partial charge is 0.454 e. The van der Waals surface area contributed by atoms with Crippen molar-refractivity contribution >= 4 is 23.1 Å². The molecule has 1 unspecified atom stereocenters. The first-order chi connectivity index (χ1) is 12.2. The minimum absolute atomic E-state index is 0.106. The second kappa shape index (κ2) is 5.53. The number of fused-ring (bicyclic) bond motifs is 2. The Morgan fingerprint density at radius 2 is 1.80 bits per heavy atom. The highest BCUT2D eigenvalue weighted by Gasteiger charge is 2.36. The van der Waals surface area contributed by atoms with Gasteiger partial charge in [-0.05, 0) is 42.2 Å². The number of nitrogens with one attached hydrogen (secondary N) is 1. The molecule has 4 nitrogen and oxygen atoms in total. The van der Waals surface area contributed by atoms with E-state index in [0.29, 0.717) is 11.4 Å². The van der Waals surface area contributed by atoms with E-state index in [1.54, 1.807) is 0 Å². The van der Waals surface area contributed by atoms with Crippen LogP contribution < -0.4 is 14.8 Å². The second-order valence-corrected chi connectivity index (χ2v) is 7.01. The number of carbonyl (C=O) groups excluding carboxylic acids is 1. The van der Waals surface area contributed by atoms with Crippen LogP contribution in [0.15, 0.2) is 47.7 Å². The van der Waals surface area contributed by atoms with Crippen LogP contribution in [0, 0.1) is 0 Å². The predicted octanol–water partition coefficient (Wildman–Crippen LogP) is 4.63. The number of benzene rings is 2. The molecule has 2 aliphatic heterocycles. The van der Waals surface area contributed by atoms with Crippen LogP contribution in [0.1, 0.15) is 36.3 Å². The number of hydrogen-bond acceptors (Lipinski definition) is 4. The Bertz CT molecular complexity index is 917. The molecule has 0 fully saturated rings. The van der Waals surface area contributed by atoms with Crippen molar-refractivity contribution in [2.45, 2.75) is 25.2 Å². The van der Waals surface area contributed by atoms with Gasteiger partial charge in [-0.15, -0.1) is 0 Å². The molecular weight excluding hydrogens is 338 g/mol. The highest BCUT2D eigenvalue weighted by molar-refractivity contribution is 6.30. The average molecular weight is 354 g/mol. The van der Waals surface area contributed by atoms with Gasteiger partial charge >= 0.3 is 0 Å². The number of rotatable bonds is 1. The summed E-state index contributed by atoms with van der Waals surface area (Å²) in [6, 6.07) is 11.7. The molecule has 0 radical (unpaired) electrons. The molecule has 5 heteroatoms. The van der Waals surface area contributed by atoms with Gasteiger partial charge in [-0.3, -0.25) is 4.79 Å². The van der Waals surface area contributed by atoms with E-state index in [1.807, 2.05) is 36.4 Å². The summed E-state index contributed by atoms with van der Waals surface area (Å²) in [5.41, 5.74) is 4.99. The molecule has 2 aromatic carbocycles. The Morgan fingerprint density at radius 3 is 2.60 bits per heavy atom. The first kappa shape index (κ1) is 14.8. The molecule has 0 aromatic heterocycles. The highest BCUT2D eigenvalue weighted by atomic mass is 35.5. The fourth-order valence-corrected chi connectivity index (χ4v) is 4.08. The van der Waals surface area contributed by atoms with Crippen LogP contribution in [0.2, 0.25) is 5.02 Å². The molecule has 2 aromatic rings. The van der Waals surface area contributed by atoms with Gasteiger partial charge in [0.25, 0.3) is 0 Å². The first-order valence-electron chi connectivity index (χ1n) is 8.43. The van der Waals surface area contributed by atoms with Gasteiger partial charge in [0.15, 0.2) is 17.3 Å². The fraction of sp³-hybridized carbons (Fsp3) is 0.250. The van der Waals surface area contributed by atoms with Crippen LogP contribution >= 0.6 is 11.6 Å². The lowest BCUT2D eigenvalue weighted by Gasteiger charge is -2.34. The number of Topliss-reactive ketones (excluding diaryl/α,β-unsaturated/α-hetero) is 1. The number of anilines is 1. The van der Waals surface area contributed by atoms with Crippen LogP contribution in [0.3, 0.4) is 0 Å². The Kier molecular flexibility index (Phi) is 3.28. The van der Waals surface area contributed by atoms with Crippen LogP contribution in [0.5, 0.6) is 11.5 Å². The summed E-state index contributed by atoms with van der Waals surface area (Å²) in [6.07, 6.45) is 2.38. The van der Waals surface area contributed by atoms with Crippen molar-refractivity contribution in [1.82, 2.24) is 0 Å².